The van der Waals surface area contributed by atoms with Crippen molar-refractivity contribution in [2.45, 2.75) is 31.4 Å². The first-order chi connectivity index (χ1) is 18.5. The van der Waals surface area contributed by atoms with E-state index in [-0.39, 0.29) is 12.1 Å². The number of carboxylic acid groups (broad SMARTS) is 1. The fourth-order valence-electron chi connectivity index (χ4n) is 4.50. The van der Waals surface area contributed by atoms with Crippen molar-refractivity contribution in [3.63, 3.8) is 0 Å². The van der Waals surface area contributed by atoms with Gasteiger partial charge in [-0.3, -0.25) is 14.4 Å². The van der Waals surface area contributed by atoms with Crippen LogP contribution in [0.15, 0.2) is 78.9 Å². The second-order valence-corrected chi connectivity index (χ2v) is 9.46. The lowest BCUT2D eigenvalue weighted by atomic mass is 9.95. The molecule has 2 atom stereocenters. The van der Waals surface area contributed by atoms with Gasteiger partial charge in [0.2, 0.25) is 5.91 Å². The minimum atomic E-state index is -4.61. The summed E-state index contributed by atoms with van der Waals surface area (Å²) in [6.07, 6.45) is -5.92. The fraction of sp³-hybridized carbons (Fsp3) is 0.250. The molecule has 0 unspecified atom stereocenters. The largest absolute Gasteiger partial charge is 0.480 e. The number of amides is 2. The van der Waals surface area contributed by atoms with Gasteiger partial charge in [0, 0.05) is 18.1 Å². The van der Waals surface area contributed by atoms with Crippen molar-refractivity contribution in [3.05, 3.63) is 106 Å². The van der Waals surface area contributed by atoms with E-state index in [1.54, 1.807) is 54.6 Å². The van der Waals surface area contributed by atoms with Gasteiger partial charge < -0.3 is 19.6 Å². The Balaban J connectivity index is 1.69. The predicted octanol–water partition coefficient (Wildman–Crippen LogP) is 4.94. The summed E-state index contributed by atoms with van der Waals surface area (Å²) in [4.78, 5) is 40.9. The molecule has 7 nitrogen and oxygen atoms in total. The molecule has 1 aliphatic heterocycles. The van der Waals surface area contributed by atoms with Crippen molar-refractivity contribution in [1.82, 2.24) is 9.80 Å². The van der Waals surface area contributed by atoms with Crippen LogP contribution in [0.3, 0.4) is 0 Å². The maximum atomic E-state index is 13.8. The summed E-state index contributed by atoms with van der Waals surface area (Å²) in [7, 11) is 0. The van der Waals surface area contributed by atoms with Gasteiger partial charge in [0.05, 0.1) is 11.6 Å². The van der Waals surface area contributed by atoms with Crippen LogP contribution in [0.5, 0.6) is 0 Å². The van der Waals surface area contributed by atoms with Crippen LogP contribution in [0.1, 0.15) is 28.3 Å². The summed E-state index contributed by atoms with van der Waals surface area (Å²) >= 11 is 6.12. The number of alkyl halides is 3. The van der Waals surface area contributed by atoms with Crippen molar-refractivity contribution < 1.29 is 37.4 Å². The third-order valence-electron chi connectivity index (χ3n) is 6.22. The molecule has 2 amide bonds. The van der Waals surface area contributed by atoms with E-state index in [1.165, 1.54) is 17.0 Å². The maximum absolute atomic E-state index is 13.8. The van der Waals surface area contributed by atoms with Crippen LogP contribution < -0.4 is 0 Å². The van der Waals surface area contributed by atoms with Crippen LogP contribution in [-0.4, -0.2) is 51.9 Å². The Labute approximate surface area is 227 Å². The summed E-state index contributed by atoms with van der Waals surface area (Å²) in [5.41, 5.74) is 0.451. The maximum Gasteiger partial charge on any atom is 0.416 e. The first-order valence-electron chi connectivity index (χ1n) is 11.9. The quantitative estimate of drug-likeness (QED) is 0.422. The number of carboxylic acids is 1. The zero-order valence-corrected chi connectivity index (χ0v) is 21.2. The van der Waals surface area contributed by atoms with E-state index in [1.807, 2.05) is 0 Å². The van der Waals surface area contributed by atoms with Gasteiger partial charge in [-0.15, -0.1) is 0 Å². The Hall–Kier alpha value is -3.89. The number of carbonyl (C=O) groups is 3. The number of aliphatic carboxylic acids is 1. The van der Waals surface area contributed by atoms with Crippen molar-refractivity contribution in [2.24, 2.45) is 0 Å². The molecule has 204 valence electrons. The van der Waals surface area contributed by atoms with E-state index < -0.39 is 61.4 Å². The molecule has 1 saturated heterocycles. The van der Waals surface area contributed by atoms with E-state index >= 15 is 0 Å². The first kappa shape index (κ1) is 28.1. The third kappa shape index (κ3) is 6.96. The van der Waals surface area contributed by atoms with Gasteiger partial charge in [0.15, 0.2) is 6.10 Å². The van der Waals surface area contributed by atoms with Crippen molar-refractivity contribution in [3.8, 4) is 0 Å². The van der Waals surface area contributed by atoms with E-state index in [4.69, 9.17) is 16.3 Å². The van der Waals surface area contributed by atoms with Crippen LogP contribution in [0, 0.1) is 0 Å². The summed E-state index contributed by atoms with van der Waals surface area (Å²) in [6.45, 7) is -1.53. The summed E-state index contributed by atoms with van der Waals surface area (Å²) < 4.78 is 45.4. The lowest BCUT2D eigenvalue weighted by molar-refractivity contribution is -0.172. The van der Waals surface area contributed by atoms with Crippen molar-refractivity contribution in [1.29, 1.82) is 0 Å². The molecule has 0 bridgehead atoms. The molecule has 1 aliphatic rings. The first-order valence-corrected chi connectivity index (χ1v) is 12.3. The molecular weight excluding hydrogens is 537 g/mol. The molecule has 0 saturated carbocycles. The summed E-state index contributed by atoms with van der Waals surface area (Å²) in [5, 5.41) is 9.96. The van der Waals surface area contributed by atoms with E-state index in [0.29, 0.717) is 16.1 Å². The molecule has 39 heavy (non-hydrogen) atoms. The minimum absolute atomic E-state index is 0.0957. The molecular formula is C28H24ClF3N2O5. The molecule has 4 rings (SSSR count). The van der Waals surface area contributed by atoms with Crippen LogP contribution in [0.4, 0.5) is 13.2 Å². The molecule has 1 N–H and O–H groups in total. The summed E-state index contributed by atoms with van der Waals surface area (Å²) in [6, 6.07) is 18.9. The standard InChI is InChI=1S/C28H24ClF3N2O5/c29-22-11-5-7-19(13-22)15-34-23(35)17-39-26(25(34)20-8-2-1-3-9-20)27(38)33(16-24(36)37)14-18-6-4-10-21(12-18)28(30,31)32/h1-13,25-26H,14-17H2,(H,36,37)/t25-,26+/m1/s1. The number of ether oxygens (including phenoxy) is 1. The number of nitrogens with zero attached hydrogens (tertiary/aromatic N) is 2. The van der Waals surface area contributed by atoms with Gasteiger partial charge in [-0.1, -0.05) is 66.2 Å². The third-order valence-corrected chi connectivity index (χ3v) is 6.46. The minimum Gasteiger partial charge on any atom is -0.480 e. The lowest BCUT2D eigenvalue weighted by Gasteiger charge is -2.42. The van der Waals surface area contributed by atoms with Gasteiger partial charge in [-0.25, -0.2) is 0 Å². The Kier molecular flexibility index (Phi) is 8.57. The smallest absolute Gasteiger partial charge is 0.416 e. The highest BCUT2D eigenvalue weighted by atomic mass is 35.5. The van der Waals surface area contributed by atoms with Gasteiger partial charge >= 0.3 is 12.1 Å². The van der Waals surface area contributed by atoms with Gasteiger partial charge in [-0.05, 0) is 41.0 Å². The van der Waals surface area contributed by atoms with Crippen LogP contribution in [0.25, 0.3) is 0 Å². The number of hydrogen-bond acceptors (Lipinski definition) is 4. The monoisotopic (exact) mass is 560 g/mol. The molecule has 1 fully saturated rings. The second kappa shape index (κ2) is 11.9. The zero-order chi connectivity index (χ0) is 28.2. The highest BCUT2D eigenvalue weighted by Crippen LogP contribution is 2.34. The van der Waals surface area contributed by atoms with Crippen LogP contribution in [-0.2, 0) is 38.4 Å². The number of benzene rings is 3. The van der Waals surface area contributed by atoms with E-state index in [2.05, 4.69) is 0 Å². The van der Waals surface area contributed by atoms with Gasteiger partial charge in [0.1, 0.15) is 13.2 Å². The molecule has 3 aromatic rings. The molecule has 0 spiro atoms. The molecule has 0 aliphatic carbocycles. The van der Waals surface area contributed by atoms with Gasteiger partial charge in [0.25, 0.3) is 5.91 Å². The number of hydrogen-bond donors (Lipinski definition) is 1. The van der Waals surface area contributed by atoms with Crippen LogP contribution >= 0.6 is 11.6 Å². The molecule has 0 aromatic heterocycles. The van der Waals surface area contributed by atoms with E-state index in [9.17, 15) is 32.7 Å². The Bertz CT molecular complexity index is 1350. The summed E-state index contributed by atoms with van der Waals surface area (Å²) in [5.74, 6) is -2.52. The highest BCUT2D eigenvalue weighted by molar-refractivity contribution is 6.30. The molecule has 11 heteroatoms. The van der Waals surface area contributed by atoms with E-state index in [0.717, 1.165) is 17.0 Å². The second-order valence-electron chi connectivity index (χ2n) is 9.02. The normalized spacial score (nSPS) is 17.6. The molecule has 0 radical (unpaired) electrons. The Morgan fingerprint density at radius 1 is 1.00 bits per heavy atom. The van der Waals surface area contributed by atoms with Crippen molar-refractivity contribution >= 4 is 29.4 Å². The number of rotatable bonds is 8. The molecule has 3 aromatic carbocycles. The average molecular weight is 561 g/mol. The number of morpholine rings is 1. The number of halogens is 4. The van der Waals surface area contributed by atoms with Gasteiger partial charge in [-0.2, -0.15) is 13.2 Å². The van der Waals surface area contributed by atoms with Crippen molar-refractivity contribution in [2.75, 3.05) is 13.2 Å². The zero-order valence-electron chi connectivity index (χ0n) is 20.5. The Morgan fingerprint density at radius 2 is 1.69 bits per heavy atom. The fourth-order valence-corrected chi connectivity index (χ4v) is 4.72. The lowest BCUT2D eigenvalue weighted by Crippen LogP contribution is -2.55. The average Bonchev–Trinajstić information content (AvgIpc) is 2.89. The molecule has 1 heterocycles. The number of carbonyl (C=O) groups excluding carboxylic acids is 2. The topological polar surface area (TPSA) is 87.1 Å². The predicted molar refractivity (Wildman–Crippen MR) is 135 cm³/mol. The highest BCUT2D eigenvalue weighted by Gasteiger charge is 2.43. The Morgan fingerprint density at radius 3 is 2.36 bits per heavy atom. The SMILES string of the molecule is O=C(O)CN(Cc1cccc(C(F)(F)F)c1)C(=O)[C@H]1OCC(=O)N(Cc2cccc(Cl)c2)[C@@H]1c1ccccc1. The van der Waals surface area contributed by atoms with Crippen LogP contribution in [0.2, 0.25) is 5.02 Å².